The molecule has 0 spiro atoms. The highest BCUT2D eigenvalue weighted by Gasteiger charge is 2.20. The summed E-state index contributed by atoms with van der Waals surface area (Å²) in [5, 5.41) is 23.2. The van der Waals surface area contributed by atoms with E-state index in [4.69, 9.17) is 5.11 Å². The van der Waals surface area contributed by atoms with Gasteiger partial charge in [0.05, 0.1) is 5.97 Å². The zero-order valence-electron chi connectivity index (χ0n) is 10.6. The van der Waals surface area contributed by atoms with Gasteiger partial charge in [-0.2, -0.15) is 12.6 Å². The van der Waals surface area contributed by atoms with Crippen molar-refractivity contribution in [2.24, 2.45) is 0 Å². The van der Waals surface area contributed by atoms with Crippen LogP contribution in [0.2, 0.25) is 0 Å². The summed E-state index contributed by atoms with van der Waals surface area (Å²) >= 11 is 3.88. The molecule has 2 amide bonds. The highest BCUT2D eigenvalue weighted by molar-refractivity contribution is 7.80. The first kappa shape index (κ1) is 18.2. The summed E-state index contributed by atoms with van der Waals surface area (Å²) in [5.74, 6) is -3.82. The molecule has 0 aromatic rings. The van der Waals surface area contributed by atoms with Crippen LogP contribution in [0.25, 0.3) is 0 Å². The van der Waals surface area contributed by atoms with Gasteiger partial charge in [0.15, 0.2) is 0 Å². The summed E-state index contributed by atoms with van der Waals surface area (Å²) in [4.78, 5) is 43.7. The molecular weight excluding hydrogens is 290 g/mol. The monoisotopic (exact) mass is 307 g/mol. The van der Waals surface area contributed by atoms with Crippen LogP contribution >= 0.6 is 12.6 Å². The fraction of sp³-hybridized carbons (Fsp3) is 0.600. The van der Waals surface area contributed by atoms with Crippen LogP contribution in [0.3, 0.4) is 0 Å². The number of thiol groups is 1. The summed E-state index contributed by atoms with van der Waals surface area (Å²) in [6.07, 6.45) is -0.164. The molecule has 0 rings (SSSR count). The Balaban J connectivity index is 4.21. The lowest BCUT2D eigenvalue weighted by Crippen LogP contribution is -2.68. The molecule has 0 radical (unpaired) electrons. The third kappa shape index (κ3) is 7.59. The van der Waals surface area contributed by atoms with Crippen molar-refractivity contribution in [2.75, 3.05) is 12.3 Å². The number of hydrogen-bond acceptors (Lipinski definition) is 6. The molecule has 0 heterocycles. The van der Waals surface area contributed by atoms with Crippen LogP contribution in [-0.2, 0) is 19.2 Å². The van der Waals surface area contributed by atoms with E-state index >= 15 is 0 Å². The molecule has 20 heavy (non-hydrogen) atoms. The maximum absolute atomic E-state index is 11.5. The fourth-order valence-electron chi connectivity index (χ4n) is 1.17. The van der Waals surface area contributed by atoms with E-state index in [0.717, 1.165) is 0 Å². The van der Waals surface area contributed by atoms with E-state index in [0.29, 0.717) is 0 Å². The van der Waals surface area contributed by atoms with Crippen molar-refractivity contribution in [3.05, 3.63) is 0 Å². The average Bonchev–Trinajstić information content (AvgIpc) is 2.38. The minimum atomic E-state index is -1.36. The van der Waals surface area contributed by atoms with E-state index in [2.05, 4.69) is 29.0 Å². The first-order valence-electron chi connectivity index (χ1n) is 5.71. The number of quaternary nitrogens is 1. The van der Waals surface area contributed by atoms with E-state index in [9.17, 15) is 24.3 Å². The zero-order chi connectivity index (χ0) is 15.7. The van der Waals surface area contributed by atoms with E-state index in [1.807, 2.05) is 0 Å². The van der Waals surface area contributed by atoms with Gasteiger partial charge in [-0.05, 0) is 0 Å². The maximum atomic E-state index is 11.5. The molecule has 114 valence electrons. The Kier molecular flexibility index (Phi) is 8.32. The lowest BCUT2D eigenvalue weighted by Gasteiger charge is -2.16. The minimum Gasteiger partial charge on any atom is -0.544 e. The SMILES string of the molecule is [NH3+][C@H](CCC(=O)NC(CS)C(=O)NCC(=O)O)C(=O)[O-]. The molecule has 1 unspecified atom stereocenters. The van der Waals surface area contributed by atoms with Crippen molar-refractivity contribution in [1.29, 1.82) is 0 Å². The number of aliphatic carboxylic acids is 2. The minimum absolute atomic E-state index is 0.0223. The number of rotatable bonds is 9. The first-order chi connectivity index (χ1) is 9.27. The quantitative estimate of drug-likeness (QED) is 0.271. The van der Waals surface area contributed by atoms with Gasteiger partial charge in [0.1, 0.15) is 18.6 Å². The third-order valence-electron chi connectivity index (χ3n) is 2.30. The van der Waals surface area contributed by atoms with Gasteiger partial charge in [-0.15, -0.1) is 0 Å². The van der Waals surface area contributed by atoms with E-state index in [1.165, 1.54) is 0 Å². The number of hydrogen-bond donors (Lipinski definition) is 5. The molecule has 9 nitrogen and oxygen atoms in total. The number of carboxylic acid groups (broad SMARTS) is 2. The largest absolute Gasteiger partial charge is 0.544 e. The lowest BCUT2D eigenvalue weighted by atomic mass is 10.1. The van der Waals surface area contributed by atoms with Crippen molar-refractivity contribution in [3.63, 3.8) is 0 Å². The maximum Gasteiger partial charge on any atom is 0.322 e. The van der Waals surface area contributed by atoms with Crippen molar-refractivity contribution in [3.8, 4) is 0 Å². The molecule has 2 atom stereocenters. The summed E-state index contributed by atoms with van der Waals surface area (Å²) < 4.78 is 0. The van der Waals surface area contributed by atoms with Crippen LogP contribution < -0.4 is 21.5 Å². The first-order valence-corrected chi connectivity index (χ1v) is 6.34. The van der Waals surface area contributed by atoms with Crippen molar-refractivity contribution < 1.29 is 35.1 Å². The molecule has 0 aliphatic heterocycles. The highest BCUT2D eigenvalue weighted by atomic mass is 32.1. The van der Waals surface area contributed by atoms with Crippen LogP contribution in [0, 0.1) is 0 Å². The van der Waals surface area contributed by atoms with E-state index < -0.39 is 42.4 Å². The van der Waals surface area contributed by atoms with Crippen LogP contribution in [0.5, 0.6) is 0 Å². The summed E-state index contributed by atoms with van der Waals surface area (Å²) in [5.41, 5.74) is 3.29. The van der Waals surface area contributed by atoms with E-state index in [-0.39, 0.29) is 18.6 Å². The van der Waals surface area contributed by atoms with Gasteiger partial charge >= 0.3 is 5.97 Å². The Morgan fingerprint density at radius 2 is 1.90 bits per heavy atom. The van der Waals surface area contributed by atoms with Gasteiger partial charge < -0.3 is 31.4 Å². The van der Waals surface area contributed by atoms with Crippen molar-refractivity contribution in [1.82, 2.24) is 10.6 Å². The number of nitrogens with one attached hydrogen (secondary N) is 2. The molecule has 0 saturated carbocycles. The number of amides is 2. The molecule has 0 bridgehead atoms. The molecule has 10 heteroatoms. The van der Waals surface area contributed by atoms with Gasteiger partial charge in [0, 0.05) is 18.6 Å². The van der Waals surface area contributed by atoms with Crippen molar-refractivity contribution >= 4 is 36.4 Å². The molecule has 0 saturated heterocycles. The van der Waals surface area contributed by atoms with Crippen molar-refractivity contribution in [2.45, 2.75) is 24.9 Å². The molecular formula is C10H17N3O6S. The van der Waals surface area contributed by atoms with Gasteiger partial charge in [0.25, 0.3) is 0 Å². The lowest BCUT2D eigenvalue weighted by molar-refractivity contribution is -0.438. The second kappa shape index (κ2) is 9.15. The van der Waals surface area contributed by atoms with E-state index in [1.54, 1.807) is 0 Å². The summed E-state index contributed by atoms with van der Waals surface area (Å²) in [6.45, 7) is -0.565. The topological polar surface area (TPSA) is 163 Å². The second-order valence-corrected chi connectivity index (χ2v) is 4.33. The smallest absolute Gasteiger partial charge is 0.322 e. The Morgan fingerprint density at radius 1 is 1.30 bits per heavy atom. The predicted octanol–water partition coefficient (Wildman–Crippen LogP) is -4.26. The Bertz CT molecular complexity index is 389. The zero-order valence-corrected chi connectivity index (χ0v) is 11.5. The number of carbonyl (C=O) groups excluding carboxylic acids is 3. The van der Waals surface area contributed by atoms with Gasteiger partial charge in [-0.25, -0.2) is 0 Å². The second-order valence-electron chi connectivity index (χ2n) is 3.97. The van der Waals surface area contributed by atoms with Gasteiger partial charge in [-0.3, -0.25) is 14.4 Å². The Labute approximate surface area is 120 Å². The number of carboxylic acids is 2. The highest BCUT2D eigenvalue weighted by Crippen LogP contribution is 1.95. The van der Waals surface area contributed by atoms with Crippen LogP contribution in [0.1, 0.15) is 12.8 Å². The molecule has 0 aliphatic carbocycles. The van der Waals surface area contributed by atoms with Gasteiger partial charge in [0.2, 0.25) is 11.8 Å². The standard InChI is InChI=1S/C10H17N3O6S/c11-5(10(18)19)1-2-7(14)13-6(4-20)9(17)12-3-8(15)16/h5-6,20H,1-4,11H2,(H,12,17)(H,13,14)(H,15,16)(H,18,19)/t5-,6?/m1/s1. The Morgan fingerprint density at radius 3 is 2.35 bits per heavy atom. The molecule has 0 fully saturated rings. The Hall–Kier alpha value is -1.81. The van der Waals surface area contributed by atoms with Crippen LogP contribution in [0.4, 0.5) is 0 Å². The fourth-order valence-corrected chi connectivity index (χ4v) is 1.43. The molecule has 0 aliphatic rings. The van der Waals surface area contributed by atoms with Gasteiger partial charge in [-0.1, -0.05) is 0 Å². The third-order valence-corrected chi connectivity index (χ3v) is 2.67. The number of carbonyl (C=O) groups is 4. The average molecular weight is 307 g/mol. The summed E-state index contributed by atoms with van der Waals surface area (Å²) in [7, 11) is 0. The molecule has 0 aromatic heterocycles. The molecule has 0 aromatic carbocycles. The molecule has 6 N–H and O–H groups in total. The predicted molar refractivity (Wildman–Crippen MR) is 67.3 cm³/mol. The summed E-state index contributed by atoms with van der Waals surface area (Å²) in [6, 6.07) is -2.01. The normalized spacial score (nSPS) is 13.1. The van der Waals surface area contributed by atoms with Crippen LogP contribution in [0.15, 0.2) is 0 Å². The van der Waals surface area contributed by atoms with Crippen LogP contribution in [-0.4, -0.2) is 53.2 Å².